The number of amides is 2. The molecule has 6 nitrogen and oxygen atoms in total. The number of hydrazine groups is 1. The molecule has 27 heavy (non-hydrogen) atoms. The number of rotatable bonds is 6. The molecule has 2 aromatic rings. The van der Waals surface area contributed by atoms with Crippen LogP contribution >= 0.6 is 0 Å². The van der Waals surface area contributed by atoms with Crippen molar-refractivity contribution in [1.29, 1.82) is 0 Å². The summed E-state index contributed by atoms with van der Waals surface area (Å²) < 4.78 is 10.6. The predicted octanol–water partition coefficient (Wildman–Crippen LogP) is 2.90. The molecule has 144 valence electrons. The standard InChI is InChI=1S/C21H26N2O4/c1-21(2,3)16-10-12-17(13-11-16)27-14-18(24)22-23-20(25)19(26-4)15-8-6-5-7-9-15/h5-13,19H,14H2,1-4H3,(H,22,24)(H,23,25)/t19-/m0/s1. The van der Waals surface area contributed by atoms with Crippen molar-refractivity contribution in [2.45, 2.75) is 32.3 Å². The van der Waals surface area contributed by atoms with Crippen LogP contribution in [0.15, 0.2) is 54.6 Å². The Bertz CT molecular complexity index is 752. The van der Waals surface area contributed by atoms with Crippen molar-refractivity contribution < 1.29 is 19.1 Å². The van der Waals surface area contributed by atoms with Crippen LogP contribution in [0.25, 0.3) is 0 Å². The van der Waals surface area contributed by atoms with Crippen molar-refractivity contribution in [2.75, 3.05) is 13.7 Å². The fourth-order valence-corrected chi connectivity index (χ4v) is 2.46. The summed E-state index contributed by atoms with van der Waals surface area (Å²) in [5, 5.41) is 0. The molecule has 0 radical (unpaired) electrons. The first-order chi connectivity index (χ1) is 12.8. The van der Waals surface area contributed by atoms with E-state index in [9.17, 15) is 9.59 Å². The van der Waals surface area contributed by atoms with Crippen molar-refractivity contribution in [3.05, 3.63) is 65.7 Å². The average molecular weight is 370 g/mol. The molecule has 2 N–H and O–H groups in total. The van der Waals surface area contributed by atoms with Gasteiger partial charge in [0.25, 0.3) is 11.8 Å². The average Bonchev–Trinajstić information content (AvgIpc) is 2.66. The second kappa shape index (κ2) is 9.19. The number of hydrogen-bond donors (Lipinski definition) is 2. The highest BCUT2D eigenvalue weighted by Gasteiger charge is 2.20. The van der Waals surface area contributed by atoms with Crippen molar-refractivity contribution in [1.82, 2.24) is 10.9 Å². The maximum Gasteiger partial charge on any atom is 0.276 e. The Balaban J connectivity index is 1.81. The molecule has 0 aliphatic carbocycles. The predicted molar refractivity (Wildman–Crippen MR) is 103 cm³/mol. The normalized spacial score (nSPS) is 12.1. The summed E-state index contributed by atoms with van der Waals surface area (Å²) in [6.45, 7) is 6.17. The topological polar surface area (TPSA) is 76.7 Å². The minimum atomic E-state index is -0.808. The van der Waals surface area contributed by atoms with Crippen molar-refractivity contribution >= 4 is 11.8 Å². The first-order valence-electron chi connectivity index (χ1n) is 8.71. The highest BCUT2D eigenvalue weighted by molar-refractivity contribution is 5.86. The number of ether oxygens (including phenoxy) is 2. The Kier molecular flexibility index (Phi) is 6.96. The third-order valence-electron chi connectivity index (χ3n) is 3.99. The summed E-state index contributed by atoms with van der Waals surface area (Å²) >= 11 is 0. The molecule has 0 bridgehead atoms. The summed E-state index contributed by atoms with van der Waals surface area (Å²) in [5.74, 6) is -0.346. The number of nitrogens with one attached hydrogen (secondary N) is 2. The Hall–Kier alpha value is -2.86. The summed E-state index contributed by atoms with van der Waals surface area (Å²) in [6, 6.07) is 16.6. The first kappa shape index (κ1) is 20.5. The van der Waals surface area contributed by atoms with Gasteiger partial charge in [0.2, 0.25) is 0 Å². The fourth-order valence-electron chi connectivity index (χ4n) is 2.46. The lowest BCUT2D eigenvalue weighted by molar-refractivity contribution is -0.136. The van der Waals surface area contributed by atoms with E-state index >= 15 is 0 Å². The van der Waals surface area contributed by atoms with Crippen LogP contribution in [0.3, 0.4) is 0 Å². The number of carbonyl (C=O) groups is 2. The Morgan fingerprint density at radius 1 is 0.963 bits per heavy atom. The molecule has 0 saturated heterocycles. The van der Waals surface area contributed by atoms with E-state index in [1.807, 2.05) is 42.5 Å². The maximum atomic E-state index is 12.2. The van der Waals surface area contributed by atoms with Gasteiger partial charge in [0.05, 0.1) is 0 Å². The van der Waals surface area contributed by atoms with E-state index in [4.69, 9.17) is 9.47 Å². The van der Waals surface area contributed by atoms with E-state index in [0.717, 1.165) is 0 Å². The molecular formula is C21H26N2O4. The lowest BCUT2D eigenvalue weighted by atomic mass is 9.87. The third-order valence-corrected chi connectivity index (χ3v) is 3.99. The van der Waals surface area contributed by atoms with Gasteiger partial charge in [-0.2, -0.15) is 0 Å². The molecule has 2 amide bonds. The number of methoxy groups -OCH3 is 1. The van der Waals surface area contributed by atoms with Crippen molar-refractivity contribution in [3.8, 4) is 5.75 Å². The summed E-state index contributed by atoms with van der Waals surface area (Å²) in [6.07, 6.45) is -0.808. The van der Waals surface area contributed by atoms with Crippen LogP contribution in [0, 0.1) is 0 Å². The monoisotopic (exact) mass is 370 g/mol. The molecule has 0 fully saturated rings. The van der Waals surface area contributed by atoms with E-state index in [0.29, 0.717) is 11.3 Å². The van der Waals surface area contributed by atoms with Gasteiger partial charge in [-0.05, 0) is 28.7 Å². The molecule has 2 aromatic carbocycles. The van der Waals surface area contributed by atoms with Crippen LogP contribution < -0.4 is 15.6 Å². The van der Waals surface area contributed by atoms with E-state index in [2.05, 4.69) is 31.6 Å². The highest BCUT2D eigenvalue weighted by atomic mass is 16.5. The fraction of sp³-hybridized carbons (Fsp3) is 0.333. The minimum Gasteiger partial charge on any atom is -0.484 e. The number of hydrogen-bond acceptors (Lipinski definition) is 4. The van der Waals surface area contributed by atoms with Gasteiger partial charge in [0.1, 0.15) is 5.75 Å². The zero-order valence-corrected chi connectivity index (χ0v) is 16.1. The van der Waals surface area contributed by atoms with Crippen LogP contribution in [0.1, 0.15) is 38.0 Å². The SMILES string of the molecule is CO[C@H](C(=O)NNC(=O)COc1ccc(C(C)(C)C)cc1)c1ccccc1. The van der Waals surface area contributed by atoms with Crippen molar-refractivity contribution in [2.24, 2.45) is 0 Å². The molecule has 6 heteroatoms. The van der Waals surface area contributed by atoms with Gasteiger partial charge in [-0.15, -0.1) is 0 Å². The van der Waals surface area contributed by atoms with Gasteiger partial charge >= 0.3 is 0 Å². The molecule has 0 saturated carbocycles. The Morgan fingerprint density at radius 3 is 2.15 bits per heavy atom. The summed E-state index contributed by atoms with van der Waals surface area (Å²) in [5.41, 5.74) is 6.61. The summed E-state index contributed by atoms with van der Waals surface area (Å²) in [7, 11) is 1.43. The third kappa shape index (κ3) is 6.11. The first-order valence-corrected chi connectivity index (χ1v) is 8.71. The highest BCUT2D eigenvalue weighted by Crippen LogP contribution is 2.24. The van der Waals surface area contributed by atoms with Gasteiger partial charge in [-0.25, -0.2) is 0 Å². The Morgan fingerprint density at radius 2 is 1.59 bits per heavy atom. The molecule has 1 atom stereocenters. The molecule has 0 aromatic heterocycles. The van der Waals surface area contributed by atoms with E-state index in [1.165, 1.54) is 12.7 Å². The molecule has 0 heterocycles. The van der Waals surface area contributed by atoms with Gasteiger partial charge < -0.3 is 9.47 Å². The van der Waals surface area contributed by atoms with E-state index in [-0.39, 0.29) is 12.0 Å². The Labute approximate surface area is 159 Å². The van der Waals surface area contributed by atoms with Gasteiger partial charge in [-0.1, -0.05) is 63.2 Å². The van der Waals surface area contributed by atoms with Crippen molar-refractivity contribution in [3.63, 3.8) is 0 Å². The van der Waals surface area contributed by atoms with Crippen LogP contribution in [0.5, 0.6) is 5.75 Å². The minimum absolute atomic E-state index is 0.0524. The molecule has 0 unspecified atom stereocenters. The zero-order chi connectivity index (χ0) is 19.9. The molecular weight excluding hydrogens is 344 g/mol. The van der Waals surface area contributed by atoms with Crippen LogP contribution in [-0.4, -0.2) is 25.5 Å². The number of benzene rings is 2. The lowest BCUT2D eigenvalue weighted by Crippen LogP contribution is -2.46. The maximum absolute atomic E-state index is 12.2. The van der Waals surface area contributed by atoms with Crippen LogP contribution in [0.2, 0.25) is 0 Å². The quantitative estimate of drug-likeness (QED) is 0.767. The molecule has 0 spiro atoms. The largest absolute Gasteiger partial charge is 0.484 e. The van der Waals surface area contributed by atoms with Crippen LogP contribution in [-0.2, 0) is 19.7 Å². The van der Waals surface area contributed by atoms with Gasteiger partial charge in [0.15, 0.2) is 12.7 Å². The second-order valence-corrected chi connectivity index (χ2v) is 7.13. The van der Waals surface area contributed by atoms with Gasteiger partial charge in [0, 0.05) is 7.11 Å². The second-order valence-electron chi connectivity index (χ2n) is 7.13. The number of carbonyl (C=O) groups excluding carboxylic acids is 2. The molecule has 0 aliphatic rings. The summed E-state index contributed by atoms with van der Waals surface area (Å²) in [4.78, 5) is 24.1. The van der Waals surface area contributed by atoms with E-state index in [1.54, 1.807) is 12.1 Å². The smallest absolute Gasteiger partial charge is 0.276 e. The lowest BCUT2D eigenvalue weighted by Gasteiger charge is -2.19. The van der Waals surface area contributed by atoms with E-state index < -0.39 is 17.9 Å². The van der Waals surface area contributed by atoms with Gasteiger partial charge in [-0.3, -0.25) is 20.4 Å². The zero-order valence-electron chi connectivity index (χ0n) is 16.1. The molecule has 0 aliphatic heterocycles. The molecule has 2 rings (SSSR count). The van der Waals surface area contributed by atoms with Crippen LogP contribution in [0.4, 0.5) is 0 Å².